The first-order chi connectivity index (χ1) is 10.1. The fourth-order valence-electron chi connectivity index (χ4n) is 1.62. The van der Waals surface area contributed by atoms with Crippen molar-refractivity contribution in [2.45, 2.75) is 6.61 Å². The topological polar surface area (TPSA) is 75.6 Å². The summed E-state index contributed by atoms with van der Waals surface area (Å²) in [6, 6.07) is 13.2. The molecule has 0 aliphatic heterocycles. The zero-order valence-corrected chi connectivity index (χ0v) is 11.6. The smallest absolute Gasteiger partial charge is 0.412 e. The maximum absolute atomic E-state index is 11.7. The summed E-state index contributed by atoms with van der Waals surface area (Å²) >= 11 is 5.90. The van der Waals surface area contributed by atoms with Gasteiger partial charge in [0.15, 0.2) is 0 Å². The molecule has 0 aromatic heterocycles. The van der Waals surface area contributed by atoms with Crippen LogP contribution >= 0.6 is 11.6 Å². The van der Waals surface area contributed by atoms with E-state index < -0.39 is 12.1 Å². The lowest BCUT2D eigenvalue weighted by atomic mass is 10.2. The van der Waals surface area contributed by atoms with E-state index in [9.17, 15) is 9.59 Å². The van der Waals surface area contributed by atoms with Crippen LogP contribution in [-0.4, -0.2) is 17.2 Å². The highest BCUT2D eigenvalue weighted by Gasteiger charge is 2.10. The first-order valence-electron chi connectivity index (χ1n) is 6.07. The Balaban J connectivity index is 1.99. The molecule has 0 atom stereocenters. The molecule has 2 aromatic carbocycles. The van der Waals surface area contributed by atoms with Crippen LogP contribution in [0.1, 0.15) is 15.9 Å². The highest BCUT2D eigenvalue weighted by molar-refractivity contribution is 6.33. The lowest BCUT2D eigenvalue weighted by Crippen LogP contribution is -2.14. The van der Waals surface area contributed by atoms with Crippen LogP contribution in [0.25, 0.3) is 0 Å². The summed E-state index contributed by atoms with van der Waals surface area (Å²) in [5.74, 6) is -1.10. The Morgan fingerprint density at radius 3 is 2.52 bits per heavy atom. The van der Waals surface area contributed by atoms with Crippen LogP contribution in [0, 0.1) is 0 Å². The highest BCUT2D eigenvalue weighted by Crippen LogP contribution is 2.23. The molecule has 2 rings (SSSR count). The number of carboxylic acid groups (broad SMARTS) is 1. The molecule has 0 aliphatic rings. The second-order valence-corrected chi connectivity index (χ2v) is 4.59. The van der Waals surface area contributed by atoms with E-state index in [1.165, 1.54) is 18.2 Å². The van der Waals surface area contributed by atoms with Gasteiger partial charge >= 0.3 is 12.1 Å². The predicted molar refractivity (Wildman–Crippen MR) is 78.7 cm³/mol. The zero-order chi connectivity index (χ0) is 15.2. The number of amides is 1. The van der Waals surface area contributed by atoms with Crippen molar-refractivity contribution in [3.05, 3.63) is 64.7 Å². The minimum Gasteiger partial charge on any atom is -0.478 e. The zero-order valence-electron chi connectivity index (χ0n) is 10.9. The number of benzene rings is 2. The molecule has 0 fully saturated rings. The van der Waals surface area contributed by atoms with E-state index in [2.05, 4.69) is 5.32 Å². The summed E-state index contributed by atoms with van der Waals surface area (Å²) in [5, 5.41) is 11.6. The van der Waals surface area contributed by atoms with Gasteiger partial charge in [-0.2, -0.15) is 0 Å². The molecular weight excluding hydrogens is 294 g/mol. The standard InChI is InChI=1S/C15H12ClNO4/c16-12-7-6-11(14(18)19)8-13(12)17-15(20)21-9-10-4-2-1-3-5-10/h1-8H,9H2,(H,17,20)(H,18,19). The lowest BCUT2D eigenvalue weighted by molar-refractivity contribution is 0.0697. The van der Waals surface area contributed by atoms with Gasteiger partial charge in [0.25, 0.3) is 0 Å². The van der Waals surface area contributed by atoms with Crippen molar-refractivity contribution in [1.82, 2.24) is 0 Å². The van der Waals surface area contributed by atoms with Crippen LogP contribution in [0.5, 0.6) is 0 Å². The Morgan fingerprint density at radius 1 is 1.14 bits per heavy atom. The molecule has 0 saturated carbocycles. The van der Waals surface area contributed by atoms with Crippen LogP contribution in [0.3, 0.4) is 0 Å². The molecule has 0 saturated heterocycles. The fourth-order valence-corrected chi connectivity index (χ4v) is 1.79. The van der Waals surface area contributed by atoms with Gasteiger partial charge in [-0.05, 0) is 23.8 Å². The SMILES string of the molecule is O=C(Nc1cc(C(=O)O)ccc1Cl)OCc1ccccc1. The summed E-state index contributed by atoms with van der Waals surface area (Å²) in [5.41, 5.74) is 1.06. The van der Waals surface area contributed by atoms with Crippen molar-refractivity contribution < 1.29 is 19.4 Å². The Morgan fingerprint density at radius 2 is 1.86 bits per heavy atom. The van der Waals surface area contributed by atoms with Crippen molar-refractivity contribution in [2.24, 2.45) is 0 Å². The Kier molecular flexibility index (Phi) is 4.79. The molecule has 5 nitrogen and oxygen atoms in total. The van der Waals surface area contributed by atoms with Crippen LogP contribution < -0.4 is 5.32 Å². The number of rotatable bonds is 4. The highest BCUT2D eigenvalue weighted by atomic mass is 35.5. The van der Waals surface area contributed by atoms with Crippen molar-refractivity contribution in [2.75, 3.05) is 5.32 Å². The number of ether oxygens (including phenoxy) is 1. The molecule has 21 heavy (non-hydrogen) atoms. The number of hydrogen-bond donors (Lipinski definition) is 2. The number of carbonyl (C=O) groups is 2. The average Bonchev–Trinajstić information content (AvgIpc) is 2.48. The molecular formula is C15H12ClNO4. The van der Waals surface area contributed by atoms with E-state index in [1.807, 2.05) is 30.3 Å². The van der Waals surface area contributed by atoms with Crippen LogP contribution in [0.15, 0.2) is 48.5 Å². The molecule has 6 heteroatoms. The average molecular weight is 306 g/mol. The summed E-state index contributed by atoms with van der Waals surface area (Å²) in [7, 11) is 0. The van der Waals surface area contributed by atoms with Gasteiger partial charge in [-0.3, -0.25) is 5.32 Å². The van der Waals surface area contributed by atoms with Gasteiger partial charge in [0.2, 0.25) is 0 Å². The minimum atomic E-state index is -1.10. The monoisotopic (exact) mass is 305 g/mol. The van der Waals surface area contributed by atoms with E-state index in [-0.39, 0.29) is 22.9 Å². The number of hydrogen-bond acceptors (Lipinski definition) is 3. The molecule has 0 spiro atoms. The van der Waals surface area contributed by atoms with Crippen LogP contribution in [0.2, 0.25) is 5.02 Å². The van der Waals surface area contributed by atoms with Gasteiger partial charge in [-0.25, -0.2) is 9.59 Å². The lowest BCUT2D eigenvalue weighted by Gasteiger charge is -2.09. The van der Waals surface area contributed by atoms with E-state index in [1.54, 1.807) is 0 Å². The van der Waals surface area contributed by atoms with E-state index >= 15 is 0 Å². The Hall–Kier alpha value is -2.53. The largest absolute Gasteiger partial charge is 0.478 e. The summed E-state index contributed by atoms with van der Waals surface area (Å²) in [6.07, 6.45) is -0.705. The van der Waals surface area contributed by atoms with E-state index in [4.69, 9.17) is 21.4 Å². The number of aromatic carboxylic acids is 1. The second kappa shape index (κ2) is 6.76. The normalized spacial score (nSPS) is 9.95. The minimum absolute atomic E-state index is 0.0257. The maximum Gasteiger partial charge on any atom is 0.412 e. The Labute approximate surface area is 126 Å². The molecule has 108 valence electrons. The van der Waals surface area contributed by atoms with Crippen molar-refractivity contribution in [1.29, 1.82) is 0 Å². The quantitative estimate of drug-likeness (QED) is 0.901. The van der Waals surface area contributed by atoms with Crippen LogP contribution in [-0.2, 0) is 11.3 Å². The maximum atomic E-state index is 11.7. The molecule has 0 heterocycles. The molecule has 0 aliphatic carbocycles. The van der Waals surface area contributed by atoms with Gasteiger partial charge in [-0.1, -0.05) is 41.9 Å². The van der Waals surface area contributed by atoms with Gasteiger partial charge in [0.1, 0.15) is 6.61 Å². The summed E-state index contributed by atoms with van der Waals surface area (Å²) < 4.78 is 5.03. The number of carbonyl (C=O) groups excluding carboxylic acids is 1. The first-order valence-corrected chi connectivity index (χ1v) is 6.44. The summed E-state index contributed by atoms with van der Waals surface area (Å²) in [4.78, 5) is 22.6. The van der Waals surface area contributed by atoms with Gasteiger partial charge in [-0.15, -0.1) is 0 Å². The third-order valence-corrected chi connectivity index (χ3v) is 2.99. The molecule has 0 radical (unpaired) electrons. The third-order valence-electron chi connectivity index (χ3n) is 2.66. The van der Waals surface area contributed by atoms with Gasteiger partial charge in [0.05, 0.1) is 16.3 Å². The summed E-state index contributed by atoms with van der Waals surface area (Å²) in [6.45, 7) is 0.114. The van der Waals surface area contributed by atoms with Gasteiger partial charge < -0.3 is 9.84 Å². The fraction of sp³-hybridized carbons (Fsp3) is 0.0667. The Bertz CT molecular complexity index is 658. The number of nitrogens with one attached hydrogen (secondary N) is 1. The molecule has 1 amide bonds. The van der Waals surface area contributed by atoms with Crippen molar-refractivity contribution in [3.63, 3.8) is 0 Å². The van der Waals surface area contributed by atoms with Gasteiger partial charge in [0, 0.05) is 0 Å². The van der Waals surface area contributed by atoms with E-state index in [0.717, 1.165) is 5.56 Å². The van der Waals surface area contributed by atoms with Crippen molar-refractivity contribution in [3.8, 4) is 0 Å². The predicted octanol–water partition coefficient (Wildman–Crippen LogP) is 3.79. The number of halogens is 1. The van der Waals surface area contributed by atoms with E-state index in [0.29, 0.717) is 0 Å². The third kappa shape index (κ3) is 4.22. The molecule has 2 N–H and O–H groups in total. The number of carboxylic acids is 1. The first kappa shape index (κ1) is 14.9. The molecule has 0 bridgehead atoms. The van der Waals surface area contributed by atoms with Crippen LogP contribution in [0.4, 0.5) is 10.5 Å². The molecule has 0 unspecified atom stereocenters. The number of anilines is 1. The van der Waals surface area contributed by atoms with Crippen molar-refractivity contribution >= 4 is 29.4 Å². The second-order valence-electron chi connectivity index (χ2n) is 4.19. The molecule has 2 aromatic rings.